The summed E-state index contributed by atoms with van der Waals surface area (Å²) >= 11 is 1.45. The van der Waals surface area contributed by atoms with E-state index < -0.39 is 0 Å². The van der Waals surface area contributed by atoms with Crippen molar-refractivity contribution in [1.82, 2.24) is 14.8 Å². The van der Waals surface area contributed by atoms with Gasteiger partial charge in [0.15, 0.2) is 5.82 Å². The number of fused-ring (bicyclic) bond motifs is 1. The number of aromatic nitrogens is 3. The number of anilines is 1. The van der Waals surface area contributed by atoms with Gasteiger partial charge in [-0.2, -0.15) is 4.98 Å². The molecule has 0 amide bonds. The van der Waals surface area contributed by atoms with E-state index in [2.05, 4.69) is 10.1 Å². The Bertz CT molecular complexity index is 681. The van der Waals surface area contributed by atoms with E-state index in [1.165, 1.54) is 28.2 Å². The fourth-order valence-corrected chi connectivity index (χ4v) is 2.63. The molecule has 0 fully saturated rings. The fraction of sp³-hybridized carbons (Fsp3) is 0.0909. The lowest BCUT2D eigenvalue weighted by Gasteiger charge is -1.86. The zero-order chi connectivity index (χ0) is 12.0. The van der Waals surface area contributed by atoms with Crippen molar-refractivity contribution in [3.05, 3.63) is 30.1 Å². The third kappa shape index (κ3) is 1.66. The molecule has 0 unspecified atom stereocenters. The van der Waals surface area contributed by atoms with Crippen LogP contribution >= 0.6 is 11.3 Å². The number of aryl methyl sites for hydroxylation is 1. The summed E-state index contributed by atoms with van der Waals surface area (Å²) in [6, 6.07) is 6.64. The minimum atomic E-state index is -0.237. The molecule has 6 heteroatoms. The van der Waals surface area contributed by atoms with Crippen LogP contribution in [0.1, 0.15) is 0 Å². The Balaban J connectivity index is 2.17. The molecule has 2 N–H and O–H groups in total. The van der Waals surface area contributed by atoms with Crippen LogP contribution in [0.3, 0.4) is 0 Å². The van der Waals surface area contributed by atoms with Gasteiger partial charge in [-0.1, -0.05) is 6.07 Å². The summed E-state index contributed by atoms with van der Waals surface area (Å²) in [7, 11) is 1.73. The lowest BCUT2D eigenvalue weighted by atomic mass is 10.2. The number of hydrogen-bond acceptors (Lipinski definition) is 4. The molecule has 86 valence electrons. The van der Waals surface area contributed by atoms with Crippen LogP contribution in [0.2, 0.25) is 0 Å². The average Bonchev–Trinajstić information content (AvgIpc) is 2.83. The molecule has 0 bridgehead atoms. The first-order valence-corrected chi connectivity index (χ1v) is 5.81. The molecule has 0 radical (unpaired) electrons. The van der Waals surface area contributed by atoms with Crippen LogP contribution < -0.4 is 5.73 Å². The number of nitrogens with zero attached hydrogens (tertiary/aromatic N) is 3. The third-order valence-corrected chi connectivity index (χ3v) is 3.59. The summed E-state index contributed by atoms with van der Waals surface area (Å²) in [4.78, 5) is 5.03. The molecule has 3 aromatic rings. The molecule has 0 aliphatic carbocycles. The number of benzene rings is 1. The van der Waals surface area contributed by atoms with E-state index >= 15 is 0 Å². The summed E-state index contributed by atoms with van der Waals surface area (Å²) in [5.41, 5.74) is 5.63. The molecule has 3 rings (SSSR count). The largest absolute Gasteiger partial charge is 0.368 e. The SMILES string of the molecule is Cn1nc(-c2cc3ccc(F)cc3s2)nc1N. The summed E-state index contributed by atoms with van der Waals surface area (Å²) in [6.07, 6.45) is 0. The van der Waals surface area contributed by atoms with Gasteiger partial charge < -0.3 is 5.73 Å². The van der Waals surface area contributed by atoms with E-state index in [9.17, 15) is 4.39 Å². The molecule has 0 spiro atoms. The van der Waals surface area contributed by atoms with Crippen molar-refractivity contribution in [1.29, 1.82) is 0 Å². The maximum atomic E-state index is 13.1. The van der Waals surface area contributed by atoms with Gasteiger partial charge >= 0.3 is 0 Å². The molecular weight excluding hydrogens is 239 g/mol. The highest BCUT2D eigenvalue weighted by atomic mass is 32.1. The van der Waals surface area contributed by atoms with Crippen molar-refractivity contribution < 1.29 is 4.39 Å². The Morgan fingerprint density at radius 3 is 2.88 bits per heavy atom. The molecule has 17 heavy (non-hydrogen) atoms. The number of thiophene rings is 1. The molecule has 0 aliphatic heterocycles. The molecule has 2 heterocycles. The Kier molecular flexibility index (Phi) is 2.12. The summed E-state index contributed by atoms with van der Waals surface area (Å²) in [6.45, 7) is 0. The lowest BCUT2D eigenvalue weighted by molar-refractivity contribution is 0.630. The van der Waals surface area contributed by atoms with E-state index in [0.717, 1.165) is 15.0 Å². The second kappa shape index (κ2) is 3.53. The monoisotopic (exact) mass is 248 g/mol. The van der Waals surface area contributed by atoms with E-state index in [1.807, 2.05) is 6.07 Å². The Hall–Kier alpha value is -1.95. The van der Waals surface area contributed by atoms with Crippen LogP contribution in [-0.2, 0) is 7.05 Å². The first-order chi connectivity index (χ1) is 8.13. The number of nitrogens with two attached hydrogens (primary N) is 1. The van der Waals surface area contributed by atoms with Gasteiger partial charge in [0.1, 0.15) is 5.82 Å². The van der Waals surface area contributed by atoms with Gasteiger partial charge in [0.2, 0.25) is 5.95 Å². The predicted octanol–water partition coefficient (Wildman–Crippen LogP) is 2.42. The zero-order valence-corrected chi connectivity index (χ0v) is 9.83. The minimum absolute atomic E-state index is 0.237. The first kappa shape index (κ1) is 10.2. The van der Waals surface area contributed by atoms with Gasteiger partial charge in [-0.3, -0.25) is 0 Å². The normalized spacial score (nSPS) is 11.2. The van der Waals surface area contributed by atoms with Gasteiger partial charge in [0, 0.05) is 11.7 Å². The van der Waals surface area contributed by atoms with Crippen molar-refractivity contribution in [3.63, 3.8) is 0 Å². The smallest absolute Gasteiger partial charge is 0.218 e. The molecule has 2 aromatic heterocycles. The lowest BCUT2D eigenvalue weighted by Crippen LogP contribution is -1.97. The predicted molar refractivity (Wildman–Crippen MR) is 66.2 cm³/mol. The fourth-order valence-electron chi connectivity index (χ4n) is 1.62. The van der Waals surface area contributed by atoms with Crippen LogP contribution in [-0.4, -0.2) is 14.8 Å². The van der Waals surface area contributed by atoms with Gasteiger partial charge in [-0.05, 0) is 23.6 Å². The van der Waals surface area contributed by atoms with Crippen molar-refractivity contribution in [2.75, 3.05) is 5.73 Å². The summed E-state index contributed by atoms with van der Waals surface area (Å²) in [5.74, 6) is 0.703. The minimum Gasteiger partial charge on any atom is -0.368 e. The molecule has 1 aromatic carbocycles. The van der Waals surface area contributed by atoms with Crippen LogP contribution in [0, 0.1) is 5.82 Å². The third-order valence-electron chi connectivity index (χ3n) is 2.50. The Morgan fingerprint density at radius 2 is 2.18 bits per heavy atom. The number of halogens is 1. The zero-order valence-electron chi connectivity index (χ0n) is 9.01. The highest BCUT2D eigenvalue weighted by Crippen LogP contribution is 2.32. The quantitative estimate of drug-likeness (QED) is 0.719. The molecule has 0 saturated carbocycles. The van der Waals surface area contributed by atoms with Crippen LogP contribution in [0.15, 0.2) is 24.3 Å². The van der Waals surface area contributed by atoms with E-state index in [-0.39, 0.29) is 5.82 Å². The molecule has 0 atom stereocenters. The van der Waals surface area contributed by atoms with Gasteiger partial charge in [0.05, 0.1) is 4.88 Å². The van der Waals surface area contributed by atoms with Gasteiger partial charge in [-0.15, -0.1) is 16.4 Å². The van der Waals surface area contributed by atoms with E-state index in [0.29, 0.717) is 11.8 Å². The topological polar surface area (TPSA) is 56.7 Å². The van der Waals surface area contributed by atoms with E-state index in [4.69, 9.17) is 5.73 Å². The van der Waals surface area contributed by atoms with E-state index in [1.54, 1.807) is 13.1 Å². The summed E-state index contributed by atoms with van der Waals surface area (Å²) < 4.78 is 15.5. The van der Waals surface area contributed by atoms with Gasteiger partial charge in [-0.25, -0.2) is 9.07 Å². The second-order valence-electron chi connectivity index (χ2n) is 3.71. The Morgan fingerprint density at radius 1 is 1.35 bits per heavy atom. The van der Waals surface area contributed by atoms with Crippen molar-refractivity contribution in [3.8, 4) is 10.7 Å². The molecular formula is C11H9FN4S. The maximum absolute atomic E-state index is 13.1. The van der Waals surface area contributed by atoms with Gasteiger partial charge in [0.25, 0.3) is 0 Å². The molecule has 4 nitrogen and oxygen atoms in total. The first-order valence-electron chi connectivity index (χ1n) is 4.99. The molecule has 0 saturated heterocycles. The van der Waals surface area contributed by atoms with Crippen molar-refractivity contribution in [2.24, 2.45) is 7.05 Å². The second-order valence-corrected chi connectivity index (χ2v) is 4.79. The molecule has 0 aliphatic rings. The maximum Gasteiger partial charge on any atom is 0.218 e. The van der Waals surface area contributed by atoms with Crippen LogP contribution in [0.4, 0.5) is 10.3 Å². The number of rotatable bonds is 1. The van der Waals surface area contributed by atoms with Crippen molar-refractivity contribution in [2.45, 2.75) is 0 Å². The Labute approximate surface area is 101 Å². The number of hydrogen-bond donors (Lipinski definition) is 1. The standard InChI is InChI=1S/C11H9FN4S/c1-16-11(13)14-10(15-16)9-4-6-2-3-7(12)5-8(6)17-9/h2-5H,1H3,(H2,13,14,15). The summed E-state index contributed by atoms with van der Waals surface area (Å²) in [5, 5.41) is 5.18. The van der Waals surface area contributed by atoms with Crippen LogP contribution in [0.25, 0.3) is 20.8 Å². The average molecular weight is 248 g/mol. The number of nitrogen functional groups attached to an aromatic ring is 1. The highest BCUT2D eigenvalue weighted by Gasteiger charge is 2.10. The van der Waals surface area contributed by atoms with Crippen molar-refractivity contribution >= 4 is 27.4 Å². The van der Waals surface area contributed by atoms with Crippen LogP contribution in [0.5, 0.6) is 0 Å². The highest BCUT2D eigenvalue weighted by molar-refractivity contribution is 7.22.